The van der Waals surface area contributed by atoms with Gasteiger partial charge < -0.3 is 9.84 Å². The average Bonchev–Trinajstić information content (AvgIpc) is 2.89. The van der Waals surface area contributed by atoms with Crippen LogP contribution in [0.5, 0.6) is 0 Å². The molecule has 1 amide bonds. The second kappa shape index (κ2) is 5.00. The third-order valence-electron chi connectivity index (χ3n) is 2.34. The van der Waals surface area contributed by atoms with Crippen LogP contribution in [0.15, 0.2) is 15.7 Å². The van der Waals surface area contributed by atoms with Crippen LogP contribution in [0, 0.1) is 6.92 Å². The third kappa shape index (κ3) is 3.11. The van der Waals surface area contributed by atoms with Crippen LogP contribution in [-0.4, -0.2) is 36.0 Å². The fraction of sp³-hybridized carbons (Fsp3) is 0.500. The lowest BCUT2D eigenvalue weighted by Gasteiger charge is -2.20. The van der Waals surface area contributed by atoms with Crippen molar-refractivity contribution in [3.05, 3.63) is 11.8 Å². The van der Waals surface area contributed by atoms with Crippen LogP contribution in [0.4, 0.5) is 5.82 Å². The number of hydrogen-bond acceptors (Lipinski definition) is 7. The second-order valence-electron chi connectivity index (χ2n) is 4.47. The summed E-state index contributed by atoms with van der Waals surface area (Å²) in [7, 11) is 1.72. The number of amides is 1. The van der Waals surface area contributed by atoms with E-state index >= 15 is 0 Å². The molecule has 2 rings (SSSR count). The van der Waals surface area contributed by atoms with E-state index in [1.165, 1.54) is 16.4 Å². The van der Waals surface area contributed by atoms with Gasteiger partial charge in [0.05, 0.1) is 4.75 Å². The number of tetrazole rings is 1. The lowest BCUT2D eigenvalue weighted by atomic mass is 10.2. The van der Waals surface area contributed by atoms with Gasteiger partial charge in [-0.1, -0.05) is 16.9 Å². The molecule has 0 unspecified atom stereocenters. The second-order valence-corrected chi connectivity index (χ2v) is 6.06. The summed E-state index contributed by atoms with van der Waals surface area (Å²) in [5.41, 5.74) is 0. The Hall–Kier alpha value is -1.90. The molecular weight excluding hydrogens is 268 g/mol. The van der Waals surface area contributed by atoms with Crippen molar-refractivity contribution in [3.8, 4) is 0 Å². The van der Waals surface area contributed by atoms with Gasteiger partial charge in [-0.25, -0.2) is 4.68 Å². The van der Waals surface area contributed by atoms with Crippen molar-refractivity contribution in [1.29, 1.82) is 0 Å². The molecule has 2 aromatic rings. The van der Waals surface area contributed by atoms with Gasteiger partial charge in [0.2, 0.25) is 11.1 Å². The molecule has 0 saturated heterocycles. The minimum absolute atomic E-state index is 0.200. The highest BCUT2D eigenvalue weighted by Crippen LogP contribution is 2.31. The monoisotopic (exact) mass is 282 g/mol. The maximum absolute atomic E-state index is 12.2. The van der Waals surface area contributed by atoms with Gasteiger partial charge in [-0.2, -0.15) is 0 Å². The smallest absolute Gasteiger partial charge is 0.241 e. The molecule has 0 bridgehead atoms. The Morgan fingerprint density at radius 3 is 2.79 bits per heavy atom. The number of aromatic nitrogens is 5. The predicted molar refractivity (Wildman–Crippen MR) is 68.6 cm³/mol. The van der Waals surface area contributed by atoms with E-state index in [1.54, 1.807) is 33.9 Å². The highest BCUT2D eigenvalue weighted by atomic mass is 32.2. The van der Waals surface area contributed by atoms with Crippen molar-refractivity contribution in [2.45, 2.75) is 30.7 Å². The van der Waals surface area contributed by atoms with Crippen LogP contribution in [0.25, 0.3) is 0 Å². The van der Waals surface area contributed by atoms with E-state index in [0.717, 1.165) is 0 Å². The largest absolute Gasteiger partial charge is 0.360 e. The minimum atomic E-state index is -0.741. The molecule has 19 heavy (non-hydrogen) atoms. The molecule has 0 aliphatic rings. The quantitative estimate of drug-likeness (QED) is 0.835. The molecule has 0 spiro atoms. The molecule has 0 atom stereocenters. The number of nitrogens with one attached hydrogen (secondary N) is 1. The summed E-state index contributed by atoms with van der Waals surface area (Å²) in [5.74, 6) is 0.833. The van der Waals surface area contributed by atoms with Gasteiger partial charge in [-0.3, -0.25) is 4.79 Å². The lowest BCUT2D eigenvalue weighted by Crippen LogP contribution is -2.34. The summed E-state index contributed by atoms with van der Waals surface area (Å²) in [6.45, 7) is 5.33. The first-order chi connectivity index (χ1) is 8.88. The topological polar surface area (TPSA) is 98.7 Å². The summed E-state index contributed by atoms with van der Waals surface area (Å²) in [4.78, 5) is 12.2. The molecular formula is C10H14N6O2S. The van der Waals surface area contributed by atoms with Crippen molar-refractivity contribution in [2.24, 2.45) is 7.05 Å². The van der Waals surface area contributed by atoms with Gasteiger partial charge in [0.1, 0.15) is 5.76 Å². The molecule has 0 aliphatic carbocycles. The minimum Gasteiger partial charge on any atom is -0.360 e. The van der Waals surface area contributed by atoms with E-state index in [2.05, 4.69) is 26.0 Å². The van der Waals surface area contributed by atoms with E-state index in [1.807, 2.05) is 0 Å². The summed E-state index contributed by atoms with van der Waals surface area (Å²) in [6.07, 6.45) is 0. The zero-order valence-electron chi connectivity index (χ0n) is 11.0. The van der Waals surface area contributed by atoms with Crippen LogP contribution < -0.4 is 5.32 Å². The number of rotatable bonds is 4. The molecule has 2 aromatic heterocycles. The third-order valence-corrected chi connectivity index (χ3v) is 3.57. The molecule has 0 radical (unpaired) electrons. The molecule has 2 heterocycles. The van der Waals surface area contributed by atoms with Gasteiger partial charge in [0, 0.05) is 13.1 Å². The Bertz CT molecular complexity index is 590. The fourth-order valence-electron chi connectivity index (χ4n) is 1.27. The Labute approximate surface area is 113 Å². The molecule has 0 aromatic carbocycles. The van der Waals surface area contributed by atoms with Crippen molar-refractivity contribution in [1.82, 2.24) is 25.4 Å². The van der Waals surface area contributed by atoms with Crippen LogP contribution >= 0.6 is 11.8 Å². The number of nitrogens with zero attached hydrogens (tertiary/aromatic N) is 5. The number of thioether (sulfide) groups is 1. The highest BCUT2D eigenvalue weighted by Gasteiger charge is 2.31. The first-order valence-corrected chi connectivity index (χ1v) is 6.36. The lowest BCUT2D eigenvalue weighted by molar-refractivity contribution is -0.117. The average molecular weight is 282 g/mol. The molecule has 8 nitrogen and oxygen atoms in total. The van der Waals surface area contributed by atoms with E-state index in [-0.39, 0.29) is 5.91 Å². The van der Waals surface area contributed by atoms with Crippen molar-refractivity contribution >= 4 is 23.5 Å². The molecule has 0 saturated carbocycles. The molecule has 9 heteroatoms. The van der Waals surface area contributed by atoms with Gasteiger partial charge >= 0.3 is 0 Å². The first kappa shape index (κ1) is 13.5. The zero-order valence-corrected chi connectivity index (χ0v) is 11.9. The number of carbonyl (C=O) groups is 1. The molecule has 0 aliphatic heterocycles. The highest BCUT2D eigenvalue weighted by molar-refractivity contribution is 8.01. The standard InChI is InChI=1S/C10H14N6O2S/c1-6-5-7(13-18-6)11-8(17)10(2,3)19-9-12-14-15-16(9)4/h5H,1-4H3,(H,11,13,17). The SMILES string of the molecule is Cc1cc(NC(=O)C(C)(C)Sc2nnnn2C)no1. The van der Waals surface area contributed by atoms with E-state index in [0.29, 0.717) is 16.7 Å². The van der Waals surface area contributed by atoms with Crippen molar-refractivity contribution in [2.75, 3.05) is 5.32 Å². The molecule has 0 fully saturated rings. The van der Waals surface area contributed by atoms with Gasteiger partial charge in [0.25, 0.3) is 0 Å². The number of carbonyl (C=O) groups excluding carboxylic acids is 1. The summed E-state index contributed by atoms with van der Waals surface area (Å²) in [5, 5.41) is 18.1. The van der Waals surface area contributed by atoms with E-state index in [9.17, 15) is 4.79 Å². The molecule has 1 N–H and O–H groups in total. The van der Waals surface area contributed by atoms with Gasteiger partial charge in [-0.05, 0) is 31.2 Å². The van der Waals surface area contributed by atoms with E-state index in [4.69, 9.17) is 4.52 Å². The fourth-order valence-corrected chi connectivity index (χ4v) is 2.12. The number of hydrogen-bond donors (Lipinski definition) is 1. The first-order valence-electron chi connectivity index (χ1n) is 5.54. The summed E-state index contributed by atoms with van der Waals surface area (Å²) >= 11 is 1.27. The zero-order chi connectivity index (χ0) is 14.0. The van der Waals surface area contributed by atoms with Crippen LogP contribution in [-0.2, 0) is 11.8 Å². The van der Waals surface area contributed by atoms with Crippen LogP contribution in [0.3, 0.4) is 0 Å². The summed E-state index contributed by atoms with van der Waals surface area (Å²) in [6, 6.07) is 1.66. The van der Waals surface area contributed by atoms with Crippen LogP contribution in [0.1, 0.15) is 19.6 Å². The van der Waals surface area contributed by atoms with Crippen LogP contribution in [0.2, 0.25) is 0 Å². The van der Waals surface area contributed by atoms with Gasteiger partial charge in [0.15, 0.2) is 5.82 Å². The number of anilines is 1. The Morgan fingerprint density at radius 2 is 2.26 bits per heavy atom. The van der Waals surface area contributed by atoms with Gasteiger partial charge in [-0.15, -0.1) is 5.10 Å². The normalized spacial score (nSPS) is 11.6. The maximum atomic E-state index is 12.2. The molecule has 102 valence electrons. The predicted octanol–water partition coefficient (Wildman–Crippen LogP) is 1.02. The maximum Gasteiger partial charge on any atom is 0.241 e. The van der Waals surface area contributed by atoms with Crippen molar-refractivity contribution < 1.29 is 9.32 Å². The Kier molecular flexibility index (Phi) is 3.56. The van der Waals surface area contributed by atoms with Crippen molar-refractivity contribution in [3.63, 3.8) is 0 Å². The Balaban J connectivity index is 2.06. The number of aryl methyl sites for hydroxylation is 2. The van der Waals surface area contributed by atoms with E-state index < -0.39 is 4.75 Å². The Morgan fingerprint density at radius 1 is 1.53 bits per heavy atom. The summed E-state index contributed by atoms with van der Waals surface area (Å²) < 4.78 is 5.67.